The van der Waals surface area contributed by atoms with Crippen molar-refractivity contribution in [2.75, 3.05) is 26.2 Å². The summed E-state index contributed by atoms with van der Waals surface area (Å²) in [5.74, 6) is 1.93. The molecular formula is C29H35Cl2N5O2. The molecule has 2 aromatic carbocycles. The largest absolute Gasteiger partial charge is 0.352 e. The predicted molar refractivity (Wildman–Crippen MR) is 150 cm³/mol. The van der Waals surface area contributed by atoms with E-state index in [4.69, 9.17) is 27.7 Å². The number of hydrogen-bond donors (Lipinski definition) is 1. The van der Waals surface area contributed by atoms with Crippen LogP contribution in [0.2, 0.25) is 10.0 Å². The monoisotopic (exact) mass is 555 g/mol. The van der Waals surface area contributed by atoms with Crippen LogP contribution in [0, 0.1) is 11.8 Å². The molecule has 0 saturated carbocycles. The molecule has 5 rings (SSSR count). The van der Waals surface area contributed by atoms with Gasteiger partial charge in [-0.3, -0.25) is 14.6 Å². The number of rotatable bonds is 8. The molecular weight excluding hydrogens is 521 g/mol. The maximum Gasteiger partial charge on any atom is 0.241 e. The maximum absolute atomic E-state index is 12.8. The molecule has 0 aliphatic carbocycles. The molecule has 0 bridgehead atoms. The summed E-state index contributed by atoms with van der Waals surface area (Å²) >= 11 is 12.2. The van der Waals surface area contributed by atoms with Crippen molar-refractivity contribution >= 4 is 29.1 Å². The van der Waals surface area contributed by atoms with Gasteiger partial charge in [0.2, 0.25) is 17.6 Å². The smallest absolute Gasteiger partial charge is 0.241 e. The van der Waals surface area contributed by atoms with Crippen LogP contribution in [0.15, 0.2) is 47.0 Å². The molecule has 1 amide bonds. The van der Waals surface area contributed by atoms with Gasteiger partial charge in [0.25, 0.3) is 0 Å². The number of nitrogens with zero attached hydrogens (tertiary/aromatic N) is 4. The molecule has 1 atom stereocenters. The maximum atomic E-state index is 12.8. The first-order chi connectivity index (χ1) is 18.4. The van der Waals surface area contributed by atoms with Crippen molar-refractivity contribution in [3.8, 4) is 11.4 Å². The van der Waals surface area contributed by atoms with Crippen molar-refractivity contribution in [3.63, 3.8) is 0 Å². The number of benzene rings is 2. The number of carbonyl (C=O) groups is 1. The molecule has 202 valence electrons. The second-order valence-corrected chi connectivity index (χ2v) is 11.5. The van der Waals surface area contributed by atoms with E-state index in [9.17, 15) is 4.79 Å². The highest BCUT2D eigenvalue weighted by molar-refractivity contribution is 6.36. The number of amides is 1. The molecule has 0 radical (unpaired) electrons. The molecule has 2 fully saturated rings. The van der Waals surface area contributed by atoms with E-state index in [2.05, 4.69) is 56.4 Å². The van der Waals surface area contributed by atoms with Crippen molar-refractivity contribution in [1.29, 1.82) is 0 Å². The molecule has 2 aliphatic rings. The Morgan fingerprint density at radius 2 is 1.76 bits per heavy atom. The third-order valence-electron chi connectivity index (χ3n) is 7.59. The second-order valence-electron chi connectivity index (χ2n) is 10.7. The van der Waals surface area contributed by atoms with Gasteiger partial charge in [-0.05, 0) is 80.6 Å². The molecule has 7 nitrogen and oxygen atoms in total. The molecule has 0 spiro atoms. The molecule has 38 heavy (non-hydrogen) atoms. The van der Waals surface area contributed by atoms with E-state index in [1.165, 1.54) is 31.5 Å². The lowest BCUT2D eigenvalue weighted by Gasteiger charge is -2.30. The van der Waals surface area contributed by atoms with E-state index < -0.39 is 0 Å². The molecule has 2 saturated heterocycles. The summed E-state index contributed by atoms with van der Waals surface area (Å²) in [7, 11) is 0. The van der Waals surface area contributed by atoms with Gasteiger partial charge >= 0.3 is 0 Å². The molecule has 1 unspecified atom stereocenters. The number of nitrogens with one attached hydrogen (secondary N) is 1. The Bertz CT molecular complexity index is 1220. The van der Waals surface area contributed by atoms with E-state index in [1.54, 1.807) is 18.2 Å². The zero-order valence-corrected chi connectivity index (χ0v) is 23.3. The SMILES string of the molecule is CC1CCCN(Cc2ccc(CNC(=O)C3CCN(Cc4nc(-c5ccc(Cl)cc5Cl)no4)CC3)cc2)C1. The minimum absolute atomic E-state index is 0.0257. The van der Waals surface area contributed by atoms with Crippen molar-refractivity contribution in [2.45, 2.75) is 52.2 Å². The predicted octanol–water partition coefficient (Wildman–Crippen LogP) is 5.80. The van der Waals surface area contributed by atoms with Crippen molar-refractivity contribution < 1.29 is 9.32 Å². The highest BCUT2D eigenvalue weighted by Gasteiger charge is 2.26. The zero-order valence-electron chi connectivity index (χ0n) is 21.8. The molecule has 3 heterocycles. The summed E-state index contributed by atoms with van der Waals surface area (Å²) in [5, 5.41) is 8.26. The number of hydrogen-bond acceptors (Lipinski definition) is 6. The molecule has 1 N–H and O–H groups in total. The fraction of sp³-hybridized carbons (Fsp3) is 0.483. The normalized spacial score (nSPS) is 19.5. The van der Waals surface area contributed by atoms with Crippen molar-refractivity contribution in [2.24, 2.45) is 11.8 Å². The van der Waals surface area contributed by atoms with Crippen LogP contribution in [0.3, 0.4) is 0 Å². The standard InChI is InChI=1S/C29H35Cl2N5O2/c1-20-3-2-12-36(17-20)18-22-6-4-21(5-7-22)16-32-29(37)23-10-13-35(14-11-23)19-27-33-28(34-38-27)25-9-8-24(30)15-26(25)31/h4-9,15,20,23H,2-3,10-14,16-19H2,1H3,(H,32,37). The highest BCUT2D eigenvalue weighted by Crippen LogP contribution is 2.29. The summed E-state index contributed by atoms with van der Waals surface area (Å²) in [6, 6.07) is 13.9. The number of aromatic nitrogens is 2. The molecule has 9 heteroatoms. The average Bonchev–Trinajstić information content (AvgIpc) is 3.36. The van der Waals surface area contributed by atoms with E-state index in [0.717, 1.165) is 44.0 Å². The topological polar surface area (TPSA) is 74.5 Å². The Balaban J connectivity index is 1.04. The Kier molecular flexibility index (Phi) is 9.00. The van der Waals surface area contributed by atoms with E-state index in [0.29, 0.717) is 40.4 Å². The summed E-state index contributed by atoms with van der Waals surface area (Å²) in [4.78, 5) is 22.1. The lowest BCUT2D eigenvalue weighted by atomic mass is 9.96. The minimum Gasteiger partial charge on any atom is -0.352 e. The Morgan fingerprint density at radius 1 is 1.00 bits per heavy atom. The average molecular weight is 557 g/mol. The number of carbonyl (C=O) groups excluding carboxylic acids is 1. The van der Waals surface area contributed by atoms with Gasteiger partial charge in [0.15, 0.2) is 0 Å². The fourth-order valence-electron chi connectivity index (χ4n) is 5.43. The second kappa shape index (κ2) is 12.6. The van der Waals surface area contributed by atoms with Crippen LogP contribution in [0.5, 0.6) is 0 Å². The van der Waals surface area contributed by atoms with E-state index in [1.807, 2.05) is 0 Å². The summed E-state index contributed by atoms with van der Waals surface area (Å²) in [6.45, 7) is 8.45. The van der Waals surface area contributed by atoms with Gasteiger partial charge in [-0.2, -0.15) is 4.98 Å². The first kappa shape index (κ1) is 27.1. The Labute approximate surface area is 234 Å². The van der Waals surface area contributed by atoms with Crippen molar-refractivity contribution in [1.82, 2.24) is 25.3 Å². The third kappa shape index (κ3) is 7.14. The zero-order chi connectivity index (χ0) is 26.5. The van der Waals surface area contributed by atoms with Crippen LogP contribution >= 0.6 is 23.2 Å². The first-order valence-corrected chi connectivity index (χ1v) is 14.3. The number of piperidine rings is 2. The molecule has 2 aliphatic heterocycles. The van der Waals surface area contributed by atoms with E-state index >= 15 is 0 Å². The Hall–Kier alpha value is -2.45. The van der Waals surface area contributed by atoms with Crippen LogP contribution in [-0.2, 0) is 24.4 Å². The lowest BCUT2D eigenvalue weighted by Crippen LogP contribution is -2.40. The fourth-order valence-corrected chi connectivity index (χ4v) is 5.92. The van der Waals surface area contributed by atoms with E-state index in [-0.39, 0.29) is 11.8 Å². The summed E-state index contributed by atoms with van der Waals surface area (Å²) in [6.07, 6.45) is 4.25. The van der Waals surface area contributed by atoms with Crippen molar-refractivity contribution in [3.05, 3.63) is 69.5 Å². The molecule has 1 aromatic heterocycles. The third-order valence-corrected chi connectivity index (χ3v) is 8.14. The lowest BCUT2D eigenvalue weighted by molar-refractivity contribution is -0.126. The van der Waals surface area contributed by atoms with Crippen LogP contribution in [-0.4, -0.2) is 52.0 Å². The summed E-state index contributed by atoms with van der Waals surface area (Å²) in [5.41, 5.74) is 3.17. The van der Waals surface area contributed by atoms with Gasteiger partial charge < -0.3 is 9.84 Å². The van der Waals surface area contributed by atoms with Crippen LogP contribution < -0.4 is 5.32 Å². The van der Waals surface area contributed by atoms with Gasteiger partial charge in [0.1, 0.15) is 0 Å². The minimum atomic E-state index is 0.0257. The van der Waals surface area contributed by atoms with Gasteiger partial charge in [0, 0.05) is 36.1 Å². The van der Waals surface area contributed by atoms with Crippen LogP contribution in [0.4, 0.5) is 0 Å². The van der Waals surface area contributed by atoms with Crippen LogP contribution in [0.1, 0.15) is 49.6 Å². The molecule has 3 aromatic rings. The van der Waals surface area contributed by atoms with Gasteiger partial charge in [0.05, 0.1) is 11.6 Å². The first-order valence-electron chi connectivity index (χ1n) is 13.5. The van der Waals surface area contributed by atoms with Crippen LogP contribution in [0.25, 0.3) is 11.4 Å². The van der Waals surface area contributed by atoms with Gasteiger partial charge in [-0.1, -0.05) is 59.5 Å². The quantitative estimate of drug-likeness (QED) is 0.378. The number of halogens is 2. The highest BCUT2D eigenvalue weighted by atomic mass is 35.5. The summed E-state index contributed by atoms with van der Waals surface area (Å²) < 4.78 is 5.45. The van der Waals surface area contributed by atoms with Gasteiger partial charge in [-0.15, -0.1) is 0 Å². The Morgan fingerprint density at radius 3 is 2.50 bits per heavy atom. The van der Waals surface area contributed by atoms with Gasteiger partial charge in [-0.25, -0.2) is 0 Å². The number of likely N-dealkylation sites (tertiary alicyclic amines) is 2.